The van der Waals surface area contributed by atoms with Crippen LogP contribution >= 0.6 is 15.9 Å². The Morgan fingerprint density at radius 3 is 2.14 bits per heavy atom. The number of halogens is 1. The van der Waals surface area contributed by atoms with Crippen LogP contribution in [0.1, 0.15) is 0 Å². The average molecular weight is 356 g/mol. The van der Waals surface area contributed by atoms with Gasteiger partial charge in [0.1, 0.15) is 5.75 Å². The van der Waals surface area contributed by atoms with Gasteiger partial charge in [0.25, 0.3) is 0 Å². The van der Waals surface area contributed by atoms with E-state index in [0.29, 0.717) is 0 Å². The molecule has 0 aliphatic carbocycles. The fourth-order valence-electron chi connectivity index (χ4n) is 2.28. The molecule has 0 spiro atoms. The minimum absolute atomic E-state index is 0.119. The summed E-state index contributed by atoms with van der Waals surface area (Å²) in [6.07, 6.45) is 0. The Balaban J connectivity index is 2.05. The Hall–Kier alpha value is -2.33. The first kappa shape index (κ1) is 14.6. The number of methoxy groups -OCH3 is 1. The molecule has 0 amide bonds. The molecule has 2 aromatic carbocycles. The first-order chi connectivity index (χ1) is 10.7. The molecule has 1 N–H and O–H groups in total. The Morgan fingerprint density at radius 2 is 1.50 bits per heavy atom. The lowest BCUT2D eigenvalue weighted by Crippen LogP contribution is -2.05. The molecule has 0 saturated heterocycles. The number of hydrogen-bond acceptors (Lipinski definition) is 2. The van der Waals surface area contributed by atoms with Crippen LogP contribution in [0.5, 0.6) is 5.75 Å². The number of ether oxygens (including phenoxy) is 1. The van der Waals surface area contributed by atoms with E-state index in [1.54, 1.807) is 13.2 Å². The van der Waals surface area contributed by atoms with Crippen molar-refractivity contribution >= 4 is 15.9 Å². The van der Waals surface area contributed by atoms with E-state index in [1.165, 1.54) is 0 Å². The number of nitrogens with one attached hydrogen (secondary N) is 1. The quantitative estimate of drug-likeness (QED) is 0.752. The molecule has 3 aromatic rings. The van der Waals surface area contributed by atoms with Crippen molar-refractivity contribution in [1.82, 2.24) is 4.98 Å². The number of hydrogen-bond donors (Lipinski definition) is 1. The molecule has 3 nitrogen and oxygen atoms in total. The van der Waals surface area contributed by atoms with E-state index in [4.69, 9.17) is 4.74 Å². The number of aromatic nitrogens is 1. The molecule has 22 heavy (non-hydrogen) atoms. The van der Waals surface area contributed by atoms with Crippen LogP contribution in [0.2, 0.25) is 0 Å². The number of rotatable bonds is 3. The van der Waals surface area contributed by atoms with E-state index in [1.807, 2.05) is 54.6 Å². The Bertz CT molecular complexity index is 836. The van der Waals surface area contributed by atoms with Crippen LogP contribution in [0, 0.1) is 0 Å². The summed E-state index contributed by atoms with van der Waals surface area (Å²) in [5.74, 6) is 0.793. The molecular formula is C18H14BrNO2. The molecule has 0 saturated carbocycles. The van der Waals surface area contributed by atoms with Gasteiger partial charge in [0.15, 0.2) is 0 Å². The summed E-state index contributed by atoms with van der Waals surface area (Å²) in [5.41, 5.74) is 3.50. The molecule has 0 aliphatic heterocycles. The van der Waals surface area contributed by atoms with Crippen molar-refractivity contribution in [2.75, 3.05) is 7.11 Å². The van der Waals surface area contributed by atoms with Crippen molar-refractivity contribution in [2.24, 2.45) is 0 Å². The standard InChI is InChI=1S/C18H14BrNO2/c1-22-16-8-4-12(5-9-16)14-10-17(20-18(21)11-14)13-2-6-15(19)7-3-13/h2-11H,1H3,(H,20,21). The summed E-state index contributed by atoms with van der Waals surface area (Å²) in [7, 11) is 1.63. The monoisotopic (exact) mass is 355 g/mol. The van der Waals surface area contributed by atoms with Crippen LogP contribution in [0.3, 0.4) is 0 Å². The van der Waals surface area contributed by atoms with Crippen molar-refractivity contribution in [1.29, 1.82) is 0 Å². The van der Waals surface area contributed by atoms with Gasteiger partial charge >= 0.3 is 0 Å². The lowest BCUT2D eigenvalue weighted by atomic mass is 10.0. The third-order valence-electron chi connectivity index (χ3n) is 3.42. The predicted molar refractivity (Wildman–Crippen MR) is 92.2 cm³/mol. The fraction of sp³-hybridized carbons (Fsp3) is 0.0556. The van der Waals surface area contributed by atoms with Gasteiger partial charge in [-0.1, -0.05) is 40.2 Å². The van der Waals surface area contributed by atoms with Gasteiger partial charge in [0, 0.05) is 16.2 Å². The van der Waals surface area contributed by atoms with Crippen molar-refractivity contribution in [2.45, 2.75) is 0 Å². The summed E-state index contributed by atoms with van der Waals surface area (Å²) in [6, 6.07) is 19.1. The normalized spacial score (nSPS) is 10.5. The maximum Gasteiger partial charge on any atom is 0.249 e. The highest BCUT2D eigenvalue weighted by Crippen LogP contribution is 2.25. The molecular weight excluding hydrogens is 342 g/mol. The molecule has 1 aromatic heterocycles. The highest BCUT2D eigenvalue weighted by molar-refractivity contribution is 9.10. The minimum atomic E-state index is -0.119. The van der Waals surface area contributed by atoms with E-state index >= 15 is 0 Å². The number of H-pyrrole nitrogens is 1. The van der Waals surface area contributed by atoms with Crippen molar-refractivity contribution < 1.29 is 4.74 Å². The molecule has 0 unspecified atom stereocenters. The van der Waals surface area contributed by atoms with E-state index in [0.717, 1.165) is 32.6 Å². The Kier molecular flexibility index (Phi) is 4.11. The maximum atomic E-state index is 12.0. The Labute approximate surface area is 136 Å². The van der Waals surface area contributed by atoms with Gasteiger partial charge in [-0.3, -0.25) is 4.79 Å². The van der Waals surface area contributed by atoms with Crippen LogP contribution in [0.4, 0.5) is 0 Å². The first-order valence-corrected chi connectivity index (χ1v) is 7.60. The molecule has 0 fully saturated rings. The van der Waals surface area contributed by atoms with Gasteiger partial charge in [-0.2, -0.15) is 0 Å². The largest absolute Gasteiger partial charge is 0.497 e. The molecule has 0 aliphatic rings. The number of benzene rings is 2. The fourth-order valence-corrected chi connectivity index (χ4v) is 2.54. The van der Waals surface area contributed by atoms with E-state index in [-0.39, 0.29) is 5.56 Å². The predicted octanol–water partition coefficient (Wildman–Crippen LogP) is 4.48. The molecule has 3 rings (SSSR count). The summed E-state index contributed by atoms with van der Waals surface area (Å²) in [4.78, 5) is 14.8. The molecule has 0 atom stereocenters. The van der Waals surface area contributed by atoms with Crippen LogP contribution in [-0.2, 0) is 0 Å². The molecule has 0 bridgehead atoms. The smallest absolute Gasteiger partial charge is 0.249 e. The van der Waals surface area contributed by atoms with Gasteiger partial charge in [-0.05, 0) is 47.0 Å². The lowest BCUT2D eigenvalue weighted by molar-refractivity contribution is 0.415. The van der Waals surface area contributed by atoms with Gasteiger partial charge in [-0.15, -0.1) is 0 Å². The zero-order chi connectivity index (χ0) is 15.5. The van der Waals surface area contributed by atoms with Crippen LogP contribution in [-0.4, -0.2) is 12.1 Å². The third-order valence-corrected chi connectivity index (χ3v) is 3.95. The second-order valence-corrected chi connectivity index (χ2v) is 5.80. The highest BCUT2D eigenvalue weighted by atomic mass is 79.9. The van der Waals surface area contributed by atoms with Gasteiger partial charge in [0.2, 0.25) is 5.56 Å². The molecule has 0 radical (unpaired) electrons. The second-order valence-electron chi connectivity index (χ2n) is 4.88. The summed E-state index contributed by atoms with van der Waals surface area (Å²) < 4.78 is 6.17. The maximum absolute atomic E-state index is 12.0. The average Bonchev–Trinajstić information content (AvgIpc) is 2.55. The Morgan fingerprint density at radius 1 is 0.864 bits per heavy atom. The number of aromatic amines is 1. The van der Waals surface area contributed by atoms with Crippen molar-refractivity contribution in [3.8, 4) is 28.1 Å². The topological polar surface area (TPSA) is 42.1 Å². The van der Waals surface area contributed by atoms with E-state index in [2.05, 4.69) is 20.9 Å². The lowest BCUT2D eigenvalue weighted by Gasteiger charge is -2.07. The highest BCUT2D eigenvalue weighted by Gasteiger charge is 2.05. The van der Waals surface area contributed by atoms with E-state index < -0.39 is 0 Å². The first-order valence-electron chi connectivity index (χ1n) is 6.80. The summed E-state index contributed by atoms with van der Waals surface area (Å²) >= 11 is 3.41. The molecule has 110 valence electrons. The minimum Gasteiger partial charge on any atom is -0.497 e. The molecule has 1 heterocycles. The summed E-state index contributed by atoms with van der Waals surface area (Å²) in [5, 5.41) is 0. The van der Waals surface area contributed by atoms with Crippen LogP contribution in [0.25, 0.3) is 22.4 Å². The zero-order valence-electron chi connectivity index (χ0n) is 12.0. The van der Waals surface area contributed by atoms with Gasteiger partial charge < -0.3 is 9.72 Å². The summed E-state index contributed by atoms with van der Waals surface area (Å²) in [6.45, 7) is 0. The van der Waals surface area contributed by atoms with Crippen molar-refractivity contribution in [3.05, 3.63) is 75.5 Å². The third kappa shape index (κ3) is 3.12. The molecule has 4 heteroatoms. The SMILES string of the molecule is COc1ccc(-c2cc(-c3ccc(Br)cc3)[nH]c(=O)c2)cc1. The van der Waals surface area contributed by atoms with Crippen LogP contribution in [0.15, 0.2) is 69.9 Å². The van der Waals surface area contributed by atoms with E-state index in [9.17, 15) is 4.79 Å². The second kappa shape index (κ2) is 6.20. The van der Waals surface area contributed by atoms with Crippen LogP contribution < -0.4 is 10.3 Å². The van der Waals surface area contributed by atoms with Gasteiger partial charge in [0.05, 0.1) is 7.11 Å². The van der Waals surface area contributed by atoms with Gasteiger partial charge in [-0.25, -0.2) is 0 Å². The van der Waals surface area contributed by atoms with Crippen molar-refractivity contribution in [3.63, 3.8) is 0 Å². The number of pyridine rings is 1. The zero-order valence-corrected chi connectivity index (χ0v) is 13.6.